The molecule has 0 radical (unpaired) electrons. The van der Waals surface area contributed by atoms with E-state index in [1.165, 1.54) is 37.9 Å². The SMILES string of the molecule is C(c1ccccc1)=[N+]1CCCCC1.[Cl-]. The molecule has 1 saturated heterocycles. The summed E-state index contributed by atoms with van der Waals surface area (Å²) < 4.78 is 2.43. The number of halogens is 1. The monoisotopic (exact) mass is 209 g/mol. The second kappa shape index (κ2) is 5.82. The first-order chi connectivity index (χ1) is 6.45. The summed E-state index contributed by atoms with van der Waals surface area (Å²) in [6.07, 6.45) is 6.38. The van der Waals surface area contributed by atoms with Crippen molar-refractivity contribution in [2.75, 3.05) is 13.1 Å². The molecule has 1 aromatic rings. The molecule has 1 fully saturated rings. The second-order valence-electron chi connectivity index (χ2n) is 3.64. The highest BCUT2D eigenvalue weighted by Crippen LogP contribution is 2.04. The third-order valence-electron chi connectivity index (χ3n) is 2.52. The molecule has 0 aromatic heterocycles. The Kier molecular flexibility index (Phi) is 4.68. The van der Waals surface area contributed by atoms with Gasteiger partial charge in [0.05, 0.1) is 0 Å². The lowest BCUT2D eigenvalue weighted by Gasteiger charge is -2.08. The third-order valence-corrected chi connectivity index (χ3v) is 2.52. The van der Waals surface area contributed by atoms with Crippen LogP contribution in [0.1, 0.15) is 24.8 Å². The molecule has 1 nitrogen and oxygen atoms in total. The Labute approximate surface area is 91.9 Å². The molecule has 1 aliphatic rings. The number of piperidine rings is 1. The molecule has 0 spiro atoms. The van der Waals surface area contributed by atoms with Gasteiger partial charge >= 0.3 is 0 Å². The minimum absolute atomic E-state index is 0. The van der Waals surface area contributed by atoms with Crippen molar-refractivity contribution in [3.63, 3.8) is 0 Å². The zero-order chi connectivity index (χ0) is 8.93. The Morgan fingerprint density at radius 1 is 0.929 bits per heavy atom. The van der Waals surface area contributed by atoms with Crippen molar-refractivity contribution in [3.05, 3.63) is 35.9 Å². The second-order valence-corrected chi connectivity index (χ2v) is 3.64. The molecule has 0 atom stereocenters. The van der Waals surface area contributed by atoms with E-state index in [1.54, 1.807) is 0 Å². The Morgan fingerprint density at radius 3 is 2.21 bits per heavy atom. The number of benzene rings is 1. The van der Waals surface area contributed by atoms with E-state index >= 15 is 0 Å². The molecular weight excluding hydrogens is 194 g/mol. The van der Waals surface area contributed by atoms with Crippen molar-refractivity contribution in [2.45, 2.75) is 19.3 Å². The highest BCUT2D eigenvalue weighted by atomic mass is 35.5. The fraction of sp³-hybridized carbons (Fsp3) is 0.417. The van der Waals surface area contributed by atoms with Crippen LogP contribution in [0.2, 0.25) is 0 Å². The van der Waals surface area contributed by atoms with Gasteiger partial charge in [0, 0.05) is 18.4 Å². The van der Waals surface area contributed by atoms with Gasteiger partial charge in [-0.2, -0.15) is 0 Å². The van der Waals surface area contributed by atoms with Gasteiger partial charge in [0.15, 0.2) is 6.21 Å². The lowest BCUT2D eigenvalue weighted by atomic mass is 10.1. The van der Waals surface area contributed by atoms with Crippen LogP contribution in [0.4, 0.5) is 0 Å². The van der Waals surface area contributed by atoms with Gasteiger partial charge in [-0.25, -0.2) is 4.58 Å². The zero-order valence-corrected chi connectivity index (χ0v) is 9.08. The molecule has 1 aromatic carbocycles. The molecular formula is C12H16ClN. The number of nitrogens with zero attached hydrogens (tertiary/aromatic N) is 1. The molecule has 14 heavy (non-hydrogen) atoms. The van der Waals surface area contributed by atoms with Crippen molar-refractivity contribution in [3.8, 4) is 0 Å². The first kappa shape index (κ1) is 11.3. The van der Waals surface area contributed by atoms with Gasteiger partial charge in [-0.05, 0) is 18.6 Å². The van der Waals surface area contributed by atoms with Crippen molar-refractivity contribution >= 4 is 6.21 Å². The summed E-state index contributed by atoms with van der Waals surface area (Å²) in [5.74, 6) is 0. The van der Waals surface area contributed by atoms with Crippen molar-refractivity contribution < 1.29 is 17.0 Å². The molecule has 1 heterocycles. The summed E-state index contributed by atoms with van der Waals surface area (Å²) in [6, 6.07) is 10.6. The van der Waals surface area contributed by atoms with Gasteiger partial charge in [0.2, 0.25) is 0 Å². The van der Waals surface area contributed by atoms with Crippen LogP contribution < -0.4 is 12.4 Å². The van der Waals surface area contributed by atoms with Crippen LogP contribution >= 0.6 is 0 Å². The Balaban J connectivity index is 0.000000980. The van der Waals surface area contributed by atoms with Crippen LogP contribution in [0, 0.1) is 0 Å². The summed E-state index contributed by atoms with van der Waals surface area (Å²) in [6.45, 7) is 2.46. The van der Waals surface area contributed by atoms with Crippen LogP contribution in [0.25, 0.3) is 0 Å². The van der Waals surface area contributed by atoms with E-state index in [0.29, 0.717) is 0 Å². The maximum atomic E-state index is 2.43. The lowest BCUT2D eigenvalue weighted by Crippen LogP contribution is -3.00. The molecule has 0 aliphatic carbocycles. The van der Waals surface area contributed by atoms with Gasteiger partial charge in [0.25, 0.3) is 0 Å². The average molecular weight is 210 g/mol. The summed E-state index contributed by atoms with van der Waals surface area (Å²) in [4.78, 5) is 0. The van der Waals surface area contributed by atoms with Crippen LogP contribution in [-0.2, 0) is 0 Å². The predicted octanol–water partition coefficient (Wildman–Crippen LogP) is -0.694. The molecule has 0 unspecified atom stereocenters. The Morgan fingerprint density at radius 2 is 1.57 bits per heavy atom. The van der Waals surface area contributed by atoms with E-state index in [-0.39, 0.29) is 12.4 Å². The molecule has 2 rings (SSSR count). The summed E-state index contributed by atoms with van der Waals surface area (Å²) >= 11 is 0. The van der Waals surface area contributed by atoms with E-state index in [4.69, 9.17) is 0 Å². The molecule has 76 valence electrons. The number of hydrogen-bond acceptors (Lipinski definition) is 0. The van der Waals surface area contributed by atoms with Gasteiger partial charge in [0.1, 0.15) is 13.1 Å². The number of hydrogen-bond donors (Lipinski definition) is 0. The first-order valence-corrected chi connectivity index (χ1v) is 5.09. The molecule has 0 saturated carbocycles. The number of rotatable bonds is 1. The Bertz CT molecular complexity index is 284. The molecule has 1 aliphatic heterocycles. The summed E-state index contributed by atoms with van der Waals surface area (Å²) in [7, 11) is 0. The van der Waals surface area contributed by atoms with Crippen molar-refractivity contribution in [1.82, 2.24) is 0 Å². The fourth-order valence-electron chi connectivity index (χ4n) is 1.80. The van der Waals surface area contributed by atoms with Gasteiger partial charge < -0.3 is 12.4 Å². The topological polar surface area (TPSA) is 3.01 Å². The minimum atomic E-state index is 0. The van der Waals surface area contributed by atoms with Gasteiger partial charge in [-0.15, -0.1) is 0 Å². The average Bonchev–Trinajstić information content (AvgIpc) is 2.21. The van der Waals surface area contributed by atoms with E-state index in [1.807, 2.05) is 0 Å². The maximum absolute atomic E-state index is 2.43. The smallest absolute Gasteiger partial charge is 0.170 e. The quantitative estimate of drug-likeness (QED) is 0.539. The van der Waals surface area contributed by atoms with Gasteiger partial charge in [-0.3, -0.25) is 0 Å². The van der Waals surface area contributed by atoms with E-state index < -0.39 is 0 Å². The third kappa shape index (κ3) is 3.15. The van der Waals surface area contributed by atoms with E-state index in [0.717, 1.165) is 0 Å². The highest BCUT2D eigenvalue weighted by Gasteiger charge is 2.09. The van der Waals surface area contributed by atoms with Crippen LogP contribution in [0.3, 0.4) is 0 Å². The van der Waals surface area contributed by atoms with Crippen molar-refractivity contribution in [1.29, 1.82) is 0 Å². The standard InChI is InChI=1S/C12H16N.ClH/c1-3-7-12(8-4-1)11-13-9-5-2-6-10-13;/h1,3-4,7-8,11H,2,5-6,9-10H2;1H/q+1;/p-1. The summed E-state index contributed by atoms with van der Waals surface area (Å²) in [5, 5.41) is 0. The van der Waals surface area contributed by atoms with Crippen molar-refractivity contribution in [2.24, 2.45) is 0 Å². The van der Waals surface area contributed by atoms with E-state index in [9.17, 15) is 0 Å². The largest absolute Gasteiger partial charge is 1.00 e. The molecule has 0 amide bonds. The summed E-state index contributed by atoms with van der Waals surface area (Å²) in [5.41, 5.74) is 1.32. The van der Waals surface area contributed by atoms with E-state index in [2.05, 4.69) is 41.1 Å². The van der Waals surface area contributed by atoms with Crippen LogP contribution in [0.5, 0.6) is 0 Å². The minimum Gasteiger partial charge on any atom is -1.00 e. The maximum Gasteiger partial charge on any atom is 0.170 e. The van der Waals surface area contributed by atoms with Crippen LogP contribution in [0.15, 0.2) is 30.3 Å². The first-order valence-electron chi connectivity index (χ1n) is 5.09. The predicted molar refractivity (Wildman–Crippen MR) is 55.5 cm³/mol. The van der Waals surface area contributed by atoms with Gasteiger partial charge in [-0.1, -0.05) is 18.2 Å². The lowest BCUT2D eigenvalue weighted by molar-refractivity contribution is -0.532. The zero-order valence-electron chi connectivity index (χ0n) is 8.32. The van der Waals surface area contributed by atoms with Crippen LogP contribution in [-0.4, -0.2) is 23.9 Å². The normalized spacial score (nSPS) is 15.9. The Hall–Kier alpha value is -0.820. The fourth-order valence-corrected chi connectivity index (χ4v) is 1.80. The molecule has 2 heteroatoms. The molecule has 0 bridgehead atoms. The molecule has 0 N–H and O–H groups in total. The highest BCUT2D eigenvalue weighted by molar-refractivity contribution is 5.75.